The fourth-order valence-electron chi connectivity index (χ4n) is 4.65. The predicted molar refractivity (Wildman–Crippen MR) is 87.2 cm³/mol. The topological polar surface area (TPSA) is 55.6 Å². The molecule has 128 valence electrons. The zero-order valence-corrected chi connectivity index (χ0v) is 14.5. The number of hydrogen-bond donors (Lipinski definition) is 0. The van der Waals surface area contributed by atoms with Gasteiger partial charge in [-0.2, -0.15) is 0 Å². The molecule has 1 aliphatic carbocycles. The van der Waals surface area contributed by atoms with Crippen LogP contribution in [0.2, 0.25) is 0 Å². The Balaban J connectivity index is 1.58. The van der Waals surface area contributed by atoms with Gasteiger partial charge in [-0.25, -0.2) is 0 Å². The lowest BCUT2D eigenvalue weighted by Gasteiger charge is -2.61. The van der Waals surface area contributed by atoms with Gasteiger partial charge in [-0.15, -0.1) is 0 Å². The molecule has 23 heavy (non-hydrogen) atoms. The number of methoxy groups -OCH3 is 1. The van der Waals surface area contributed by atoms with E-state index >= 15 is 0 Å². The average molecular weight is 320 g/mol. The Morgan fingerprint density at radius 1 is 1.43 bits per heavy atom. The van der Waals surface area contributed by atoms with E-state index in [0.29, 0.717) is 41.9 Å². The van der Waals surface area contributed by atoms with Crippen LogP contribution >= 0.6 is 0 Å². The highest BCUT2D eigenvalue weighted by atomic mass is 16.5. The van der Waals surface area contributed by atoms with E-state index in [1.165, 1.54) is 32.1 Å². The largest absolute Gasteiger partial charge is 0.479 e. The lowest BCUT2D eigenvalue weighted by molar-refractivity contribution is -0.165. The first-order chi connectivity index (χ1) is 11.1. The summed E-state index contributed by atoms with van der Waals surface area (Å²) >= 11 is 0. The quantitative estimate of drug-likeness (QED) is 0.834. The Kier molecular flexibility index (Phi) is 4.64. The number of carbonyl (C=O) groups excluding carboxylic acids is 1. The van der Waals surface area contributed by atoms with Crippen LogP contribution in [0.3, 0.4) is 0 Å². The van der Waals surface area contributed by atoms with Crippen LogP contribution in [0.4, 0.5) is 0 Å². The second kappa shape index (κ2) is 6.54. The van der Waals surface area contributed by atoms with Crippen LogP contribution in [-0.2, 0) is 11.2 Å². The number of amides is 1. The van der Waals surface area contributed by atoms with Crippen LogP contribution in [0.1, 0.15) is 58.1 Å². The summed E-state index contributed by atoms with van der Waals surface area (Å²) in [7, 11) is 1.56. The molecule has 1 amide bonds. The average Bonchev–Trinajstić information content (AvgIpc) is 2.99. The summed E-state index contributed by atoms with van der Waals surface area (Å²) in [4.78, 5) is 14.8. The summed E-state index contributed by atoms with van der Waals surface area (Å²) in [5.74, 6) is 1.95. The highest BCUT2D eigenvalue weighted by Crippen LogP contribution is 2.51. The molecule has 0 aromatic carbocycles. The number of likely N-dealkylation sites (tertiary alicyclic amines) is 1. The summed E-state index contributed by atoms with van der Waals surface area (Å²) in [6.45, 7) is 5.46. The van der Waals surface area contributed by atoms with E-state index in [9.17, 15) is 4.79 Å². The number of aryl methyl sites for hydroxylation is 1. The summed E-state index contributed by atoms with van der Waals surface area (Å²) < 4.78 is 10.2. The minimum absolute atomic E-state index is 0.246. The number of rotatable bonds is 5. The fourth-order valence-corrected chi connectivity index (χ4v) is 4.65. The van der Waals surface area contributed by atoms with Gasteiger partial charge in [0.25, 0.3) is 5.88 Å². The molecule has 0 N–H and O–H groups in total. The first kappa shape index (κ1) is 16.3. The van der Waals surface area contributed by atoms with Crippen molar-refractivity contribution < 1.29 is 14.1 Å². The van der Waals surface area contributed by atoms with Gasteiger partial charge in [0.1, 0.15) is 5.76 Å². The number of hydrogen-bond acceptors (Lipinski definition) is 4. The molecular weight excluding hydrogens is 292 g/mol. The molecule has 1 saturated carbocycles. The maximum Gasteiger partial charge on any atom is 0.254 e. The van der Waals surface area contributed by atoms with Crippen LogP contribution < -0.4 is 4.74 Å². The molecule has 1 unspecified atom stereocenters. The minimum Gasteiger partial charge on any atom is -0.479 e. The number of aromatic nitrogens is 1. The molecule has 3 rings (SSSR count). The van der Waals surface area contributed by atoms with Crippen molar-refractivity contribution in [2.24, 2.45) is 11.3 Å². The van der Waals surface area contributed by atoms with Crippen molar-refractivity contribution in [1.82, 2.24) is 10.1 Å². The van der Waals surface area contributed by atoms with Gasteiger partial charge in [-0.05, 0) is 23.9 Å². The molecule has 0 radical (unpaired) electrons. The first-order valence-electron chi connectivity index (χ1n) is 8.85. The van der Waals surface area contributed by atoms with Crippen LogP contribution in [0, 0.1) is 11.3 Å². The molecule has 1 spiro atoms. The van der Waals surface area contributed by atoms with Crippen molar-refractivity contribution in [3.63, 3.8) is 0 Å². The second-order valence-electron chi connectivity index (χ2n) is 7.47. The normalized spacial score (nSPS) is 23.1. The molecule has 1 saturated heterocycles. The summed E-state index contributed by atoms with van der Waals surface area (Å²) in [6.07, 6.45) is 7.65. The Labute approximate surface area is 138 Å². The molecule has 5 nitrogen and oxygen atoms in total. The van der Waals surface area contributed by atoms with Crippen molar-refractivity contribution in [2.45, 2.75) is 64.8 Å². The monoisotopic (exact) mass is 320 g/mol. The third kappa shape index (κ3) is 3.10. The van der Waals surface area contributed by atoms with Crippen LogP contribution in [0.5, 0.6) is 5.88 Å². The van der Waals surface area contributed by atoms with Crippen molar-refractivity contribution in [3.05, 3.63) is 11.8 Å². The van der Waals surface area contributed by atoms with Crippen LogP contribution in [0.15, 0.2) is 10.6 Å². The first-order valence-corrected chi connectivity index (χ1v) is 8.85. The van der Waals surface area contributed by atoms with Gasteiger partial charge >= 0.3 is 0 Å². The SMILES string of the molecule is COc1cc(CCC(=O)N2CC3(CCCCC3)C2C(C)C)on1. The van der Waals surface area contributed by atoms with E-state index < -0.39 is 0 Å². The van der Waals surface area contributed by atoms with Crippen LogP contribution in [-0.4, -0.2) is 35.7 Å². The van der Waals surface area contributed by atoms with Gasteiger partial charge in [-0.1, -0.05) is 33.1 Å². The Morgan fingerprint density at radius 2 is 2.17 bits per heavy atom. The fraction of sp³-hybridized carbons (Fsp3) is 0.778. The lowest BCUT2D eigenvalue weighted by Crippen LogP contribution is -2.68. The van der Waals surface area contributed by atoms with Gasteiger partial charge in [0.05, 0.1) is 7.11 Å². The molecule has 1 aliphatic heterocycles. The molecule has 2 aliphatic rings. The van der Waals surface area contributed by atoms with Crippen molar-refractivity contribution in [3.8, 4) is 5.88 Å². The number of nitrogens with zero attached hydrogens (tertiary/aromatic N) is 2. The van der Waals surface area contributed by atoms with Gasteiger partial charge in [-0.3, -0.25) is 4.79 Å². The number of ether oxygens (including phenoxy) is 1. The van der Waals surface area contributed by atoms with Gasteiger partial charge in [0, 0.05) is 36.9 Å². The molecule has 5 heteroatoms. The Hall–Kier alpha value is -1.52. The van der Waals surface area contributed by atoms with E-state index in [0.717, 1.165) is 6.54 Å². The highest BCUT2D eigenvalue weighted by Gasteiger charge is 2.54. The molecule has 0 bridgehead atoms. The zero-order chi connectivity index (χ0) is 16.4. The summed E-state index contributed by atoms with van der Waals surface area (Å²) in [6, 6.07) is 2.17. The predicted octanol–water partition coefficient (Wildman–Crippen LogP) is 3.43. The van der Waals surface area contributed by atoms with E-state index in [1.807, 2.05) is 0 Å². The van der Waals surface area contributed by atoms with Gasteiger partial charge < -0.3 is 14.2 Å². The van der Waals surface area contributed by atoms with Crippen molar-refractivity contribution >= 4 is 5.91 Å². The zero-order valence-electron chi connectivity index (χ0n) is 14.5. The molecule has 2 fully saturated rings. The molecule has 1 atom stereocenters. The maximum absolute atomic E-state index is 12.6. The Bertz CT molecular complexity index is 546. The van der Waals surface area contributed by atoms with E-state index in [4.69, 9.17) is 9.26 Å². The van der Waals surface area contributed by atoms with E-state index in [-0.39, 0.29) is 5.91 Å². The lowest BCUT2D eigenvalue weighted by atomic mass is 9.59. The van der Waals surface area contributed by atoms with E-state index in [2.05, 4.69) is 23.9 Å². The van der Waals surface area contributed by atoms with Gasteiger partial charge in [0.2, 0.25) is 5.91 Å². The number of carbonyl (C=O) groups is 1. The van der Waals surface area contributed by atoms with Crippen molar-refractivity contribution in [2.75, 3.05) is 13.7 Å². The molecule has 2 heterocycles. The smallest absolute Gasteiger partial charge is 0.254 e. The minimum atomic E-state index is 0.246. The highest BCUT2D eigenvalue weighted by molar-refractivity contribution is 5.78. The summed E-state index contributed by atoms with van der Waals surface area (Å²) in [5.41, 5.74) is 0.400. The molecule has 1 aromatic rings. The maximum atomic E-state index is 12.6. The van der Waals surface area contributed by atoms with E-state index in [1.54, 1.807) is 13.2 Å². The van der Waals surface area contributed by atoms with Gasteiger partial charge in [0.15, 0.2) is 0 Å². The third-order valence-electron chi connectivity index (χ3n) is 5.58. The van der Waals surface area contributed by atoms with Crippen molar-refractivity contribution in [1.29, 1.82) is 0 Å². The standard InChI is InChI=1S/C18H28N2O3/c1-13(2)17-18(9-5-4-6-10-18)12-20(17)16(21)8-7-14-11-15(22-3)19-23-14/h11,13,17H,4-10,12H2,1-3H3. The second-order valence-corrected chi connectivity index (χ2v) is 7.47. The summed E-state index contributed by atoms with van der Waals surface area (Å²) in [5, 5.41) is 3.78. The Morgan fingerprint density at radius 3 is 2.78 bits per heavy atom. The molecule has 1 aromatic heterocycles. The molecular formula is C18H28N2O3. The van der Waals surface area contributed by atoms with Crippen LogP contribution in [0.25, 0.3) is 0 Å². The third-order valence-corrected chi connectivity index (χ3v) is 5.58.